The molecule has 0 saturated carbocycles. The van der Waals surface area contributed by atoms with Crippen molar-refractivity contribution < 1.29 is 0 Å². The number of benzene rings is 2. The molecule has 0 aliphatic carbocycles. The molecule has 0 bridgehead atoms. The Balaban J connectivity index is 1.88. The SMILES string of the molecule is C=C(CNCc1ccc(Cl)cc1)c1ccccc1N. The number of nitrogens with two attached hydrogens (primary N) is 1. The average molecular weight is 273 g/mol. The molecule has 2 aromatic carbocycles. The fraction of sp³-hybridized carbons (Fsp3) is 0.125. The first-order chi connectivity index (χ1) is 9.16. The van der Waals surface area contributed by atoms with Gasteiger partial charge in [-0.25, -0.2) is 0 Å². The Morgan fingerprint density at radius 1 is 1.11 bits per heavy atom. The van der Waals surface area contributed by atoms with E-state index in [1.54, 1.807) is 0 Å². The van der Waals surface area contributed by atoms with Gasteiger partial charge in [-0.2, -0.15) is 0 Å². The number of anilines is 1. The van der Waals surface area contributed by atoms with Gasteiger partial charge in [0.2, 0.25) is 0 Å². The van der Waals surface area contributed by atoms with Crippen LogP contribution in [0.4, 0.5) is 5.69 Å². The lowest BCUT2D eigenvalue weighted by Crippen LogP contribution is -2.16. The van der Waals surface area contributed by atoms with Crippen LogP contribution in [-0.4, -0.2) is 6.54 Å². The minimum Gasteiger partial charge on any atom is -0.398 e. The van der Waals surface area contributed by atoms with Crippen LogP contribution in [0.2, 0.25) is 5.02 Å². The molecular formula is C16H17ClN2. The number of hydrogen-bond acceptors (Lipinski definition) is 2. The third-order valence-electron chi connectivity index (χ3n) is 2.92. The second-order valence-corrected chi connectivity index (χ2v) is 4.86. The highest BCUT2D eigenvalue weighted by atomic mass is 35.5. The minimum absolute atomic E-state index is 0.705. The van der Waals surface area contributed by atoms with Crippen LogP contribution in [0.15, 0.2) is 55.1 Å². The van der Waals surface area contributed by atoms with Gasteiger partial charge in [-0.3, -0.25) is 0 Å². The van der Waals surface area contributed by atoms with E-state index in [0.29, 0.717) is 6.54 Å². The van der Waals surface area contributed by atoms with Crippen LogP contribution in [0.25, 0.3) is 5.57 Å². The van der Waals surface area contributed by atoms with E-state index >= 15 is 0 Å². The van der Waals surface area contributed by atoms with E-state index in [2.05, 4.69) is 11.9 Å². The van der Waals surface area contributed by atoms with Gasteiger partial charge in [0.05, 0.1) is 0 Å². The van der Waals surface area contributed by atoms with Crippen molar-refractivity contribution in [3.8, 4) is 0 Å². The molecule has 2 rings (SSSR count). The van der Waals surface area contributed by atoms with Crippen molar-refractivity contribution in [3.05, 3.63) is 71.3 Å². The van der Waals surface area contributed by atoms with Crippen LogP contribution in [0.1, 0.15) is 11.1 Å². The van der Waals surface area contributed by atoms with Crippen molar-refractivity contribution in [1.82, 2.24) is 5.32 Å². The predicted molar refractivity (Wildman–Crippen MR) is 83.0 cm³/mol. The monoisotopic (exact) mass is 272 g/mol. The molecule has 0 saturated heterocycles. The van der Waals surface area contributed by atoms with Crippen molar-refractivity contribution in [2.24, 2.45) is 0 Å². The maximum atomic E-state index is 5.92. The van der Waals surface area contributed by atoms with Gasteiger partial charge in [-0.1, -0.05) is 48.5 Å². The standard InChI is InChI=1S/C16H17ClN2/c1-12(15-4-2-3-5-16(15)18)10-19-11-13-6-8-14(17)9-7-13/h2-9,19H,1,10-11,18H2. The smallest absolute Gasteiger partial charge is 0.0406 e. The van der Waals surface area contributed by atoms with Crippen LogP contribution in [-0.2, 0) is 6.54 Å². The molecule has 0 spiro atoms. The first kappa shape index (κ1) is 13.7. The molecule has 0 fully saturated rings. The molecule has 0 aliphatic rings. The molecule has 2 aromatic rings. The first-order valence-electron chi connectivity index (χ1n) is 6.14. The molecule has 0 unspecified atom stereocenters. The van der Waals surface area contributed by atoms with Gasteiger partial charge in [0, 0.05) is 29.4 Å². The molecule has 3 N–H and O–H groups in total. The topological polar surface area (TPSA) is 38.0 Å². The Morgan fingerprint density at radius 3 is 2.47 bits per heavy atom. The lowest BCUT2D eigenvalue weighted by Gasteiger charge is -2.10. The van der Waals surface area contributed by atoms with Gasteiger partial charge in [-0.05, 0) is 29.3 Å². The third kappa shape index (κ3) is 3.85. The van der Waals surface area contributed by atoms with Gasteiger partial charge < -0.3 is 11.1 Å². The third-order valence-corrected chi connectivity index (χ3v) is 3.17. The van der Waals surface area contributed by atoms with Crippen molar-refractivity contribution in [2.45, 2.75) is 6.54 Å². The molecule has 0 atom stereocenters. The Labute approximate surface area is 118 Å². The van der Waals surface area contributed by atoms with Gasteiger partial charge in [0.25, 0.3) is 0 Å². The largest absolute Gasteiger partial charge is 0.398 e. The van der Waals surface area contributed by atoms with Crippen molar-refractivity contribution in [1.29, 1.82) is 0 Å². The van der Waals surface area contributed by atoms with E-state index in [1.165, 1.54) is 5.56 Å². The lowest BCUT2D eigenvalue weighted by atomic mass is 10.1. The Morgan fingerprint density at radius 2 is 1.79 bits per heavy atom. The van der Waals surface area contributed by atoms with E-state index in [0.717, 1.165) is 28.4 Å². The summed E-state index contributed by atoms with van der Waals surface area (Å²) in [6, 6.07) is 15.6. The molecule has 3 heteroatoms. The van der Waals surface area contributed by atoms with Crippen molar-refractivity contribution >= 4 is 22.9 Å². The number of nitrogens with one attached hydrogen (secondary N) is 1. The van der Waals surface area contributed by atoms with Crippen molar-refractivity contribution in [2.75, 3.05) is 12.3 Å². The number of rotatable bonds is 5. The normalized spacial score (nSPS) is 10.4. The van der Waals surface area contributed by atoms with E-state index < -0.39 is 0 Å². The molecule has 0 heterocycles. The Hall–Kier alpha value is -1.77. The number of halogens is 1. The summed E-state index contributed by atoms with van der Waals surface area (Å²) in [6.07, 6.45) is 0. The van der Waals surface area contributed by atoms with Gasteiger partial charge in [0.15, 0.2) is 0 Å². The second kappa shape index (κ2) is 6.41. The van der Waals surface area contributed by atoms with Gasteiger partial charge in [0.1, 0.15) is 0 Å². The number of hydrogen-bond donors (Lipinski definition) is 2. The fourth-order valence-electron chi connectivity index (χ4n) is 1.87. The van der Waals surface area contributed by atoms with Gasteiger partial charge in [-0.15, -0.1) is 0 Å². The summed E-state index contributed by atoms with van der Waals surface area (Å²) in [7, 11) is 0. The Bertz CT molecular complexity index is 561. The van der Waals surface area contributed by atoms with Crippen LogP contribution in [0.5, 0.6) is 0 Å². The highest BCUT2D eigenvalue weighted by Crippen LogP contribution is 2.18. The summed E-state index contributed by atoms with van der Waals surface area (Å²) in [6.45, 7) is 5.55. The molecule has 0 radical (unpaired) electrons. The van der Waals surface area contributed by atoms with Crippen LogP contribution in [0, 0.1) is 0 Å². The van der Waals surface area contributed by atoms with E-state index in [-0.39, 0.29) is 0 Å². The summed E-state index contributed by atoms with van der Waals surface area (Å²) in [4.78, 5) is 0. The second-order valence-electron chi connectivity index (χ2n) is 4.42. The molecule has 98 valence electrons. The predicted octanol–water partition coefficient (Wildman–Crippen LogP) is 3.73. The zero-order valence-corrected chi connectivity index (χ0v) is 11.5. The maximum Gasteiger partial charge on any atom is 0.0406 e. The molecule has 0 amide bonds. The maximum absolute atomic E-state index is 5.92. The minimum atomic E-state index is 0.705. The van der Waals surface area contributed by atoms with Crippen molar-refractivity contribution in [3.63, 3.8) is 0 Å². The molecule has 19 heavy (non-hydrogen) atoms. The van der Waals surface area contributed by atoms with E-state index in [1.807, 2.05) is 48.5 Å². The number of nitrogen functional groups attached to an aromatic ring is 1. The molecule has 2 nitrogen and oxygen atoms in total. The zero-order valence-electron chi connectivity index (χ0n) is 10.7. The van der Waals surface area contributed by atoms with E-state index in [4.69, 9.17) is 17.3 Å². The lowest BCUT2D eigenvalue weighted by molar-refractivity contribution is 0.768. The molecule has 0 aromatic heterocycles. The highest BCUT2D eigenvalue weighted by Gasteiger charge is 2.02. The number of para-hydroxylation sites is 1. The van der Waals surface area contributed by atoms with Crippen LogP contribution in [0.3, 0.4) is 0 Å². The summed E-state index contributed by atoms with van der Waals surface area (Å²) < 4.78 is 0. The quantitative estimate of drug-likeness (QED) is 0.814. The van der Waals surface area contributed by atoms with Crippen LogP contribution >= 0.6 is 11.6 Å². The summed E-state index contributed by atoms with van der Waals surface area (Å²) in [5, 5.41) is 4.10. The fourth-order valence-corrected chi connectivity index (χ4v) is 2.00. The average Bonchev–Trinajstić information content (AvgIpc) is 2.41. The molecular weight excluding hydrogens is 256 g/mol. The first-order valence-corrected chi connectivity index (χ1v) is 6.52. The highest BCUT2D eigenvalue weighted by molar-refractivity contribution is 6.30. The van der Waals surface area contributed by atoms with Crippen LogP contribution < -0.4 is 11.1 Å². The van der Waals surface area contributed by atoms with E-state index in [9.17, 15) is 0 Å². The summed E-state index contributed by atoms with van der Waals surface area (Å²) in [5.74, 6) is 0. The molecule has 0 aliphatic heterocycles. The summed E-state index contributed by atoms with van der Waals surface area (Å²) >= 11 is 5.85. The summed E-state index contributed by atoms with van der Waals surface area (Å²) in [5.41, 5.74) is 9.87. The zero-order chi connectivity index (χ0) is 13.7. The van der Waals surface area contributed by atoms with Gasteiger partial charge >= 0.3 is 0 Å². The Kier molecular flexibility index (Phi) is 4.61.